The molecule has 86 valence electrons. The SMILES string of the molecule is [2H]OC(=O)[C@H](CCC(N)=O)NC(=O)[C@H](C)N. The summed E-state index contributed by atoms with van der Waals surface area (Å²) >= 11 is 0. The Morgan fingerprint density at radius 1 is 1.53 bits per heavy atom. The molecule has 0 saturated heterocycles. The molecule has 7 heteroatoms. The molecule has 0 saturated carbocycles. The Balaban J connectivity index is 4.37. The zero-order valence-electron chi connectivity index (χ0n) is 9.36. The number of nitrogens with one attached hydrogen (secondary N) is 1. The van der Waals surface area contributed by atoms with Crippen LogP contribution in [0.25, 0.3) is 1.43 Å². The number of carbonyl (C=O) groups is 3. The molecule has 0 unspecified atom stereocenters. The minimum Gasteiger partial charge on any atom is -0.480 e. The maximum atomic E-state index is 11.2. The van der Waals surface area contributed by atoms with Gasteiger partial charge in [0.15, 0.2) is 0 Å². The van der Waals surface area contributed by atoms with Crippen molar-refractivity contribution in [2.45, 2.75) is 31.8 Å². The van der Waals surface area contributed by atoms with E-state index in [1.54, 1.807) is 0 Å². The lowest BCUT2D eigenvalue weighted by molar-refractivity contribution is -0.142. The molecule has 0 aliphatic carbocycles. The van der Waals surface area contributed by atoms with Crippen molar-refractivity contribution in [3.63, 3.8) is 0 Å². The molecule has 2 amide bonds. The highest BCUT2D eigenvalue weighted by atomic mass is 16.4. The lowest BCUT2D eigenvalue weighted by atomic mass is 10.1. The molecule has 2 atom stereocenters. The van der Waals surface area contributed by atoms with Crippen LogP contribution < -0.4 is 16.8 Å². The van der Waals surface area contributed by atoms with Gasteiger partial charge in [-0.1, -0.05) is 0 Å². The Morgan fingerprint density at radius 3 is 2.53 bits per heavy atom. The van der Waals surface area contributed by atoms with Crippen LogP contribution in [0.4, 0.5) is 0 Å². The first-order valence-electron chi connectivity index (χ1n) is 4.80. The van der Waals surface area contributed by atoms with Crippen molar-refractivity contribution >= 4 is 17.8 Å². The van der Waals surface area contributed by atoms with Gasteiger partial charge in [-0.3, -0.25) is 9.59 Å². The molecule has 0 spiro atoms. The summed E-state index contributed by atoms with van der Waals surface area (Å²) in [5.41, 5.74) is 10.2. The van der Waals surface area contributed by atoms with Crippen LogP contribution >= 0.6 is 0 Å². The van der Waals surface area contributed by atoms with Gasteiger partial charge < -0.3 is 21.9 Å². The molecule has 15 heavy (non-hydrogen) atoms. The summed E-state index contributed by atoms with van der Waals surface area (Å²) in [6.45, 7) is 1.44. The number of hydrogen-bond donors (Lipinski definition) is 4. The number of amides is 2. The van der Waals surface area contributed by atoms with Crippen LogP contribution in [0.3, 0.4) is 0 Å². The van der Waals surface area contributed by atoms with E-state index < -0.39 is 29.9 Å². The fraction of sp³-hybridized carbons (Fsp3) is 0.625. The molecular weight excluding hydrogens is 202 g/mol. The highest BCUT2D eigenvalue weighted by Gasteiger charge is 2.21. The molecule has 6 N–H and O–H groups in total. The molecule has 0 fully saturated rings. The number of nitrogens with two attached hydrogens (primary N) is 2. The largest absolute Gasteiger partial charge is 0.480 e. The van der Waals surface area contributed by atoms with Crippen molar-refractivity contribution in [3.8, 4) is 0 Å². The van der Waals surface area contributed by atoms with E-state index in [1.165, 1.54) is 6.92 Å². The molecule has 0 aromatic rings. The van der Waals surface area contributed by atoms with Gasteiger partial charge in [0, 0.05) is 6.42 Å². The summed E-state index contributed by atoms with van der Waals surface area (Å²) in [5.74, 6) is -2.15. The van der Waals surface area contributed by atoms with Gasteiger partial charge in [0.05, 0.1) is 6.04 Å². The number of carboxylic acids is 1. The van der Waals surface area contributed by atoms with Crippen molar-refractivity contribution in [3.05, 3.63) is 0 Å². The minimum absolute atomic E-state index is 0.0223. The predicted molar refractivity (Wildman–Crippen MR) is 51.6 cm³/mol. The van der Waals surface area contributed by atoms with Gasteiger partial charge in [-0.15, -0.1) is 0 Å². The van der Waals surface area contributed by atoms with E-state index in [1.807, 2.05) is 0 Å². The summed E-state index contributed by atoms with van der Waals surface area (Å²) in [6.07, 6.45) is -0.121. The highest BCUT2D eigenvalue weighted by molar-refractivity contribution is 5.86. The normalized spacial score (nSPS) is 14.7. The number of primary amides is 1. The Bertz CT molecular complexity index is 282. The van der Waals surface area contributed by atoms with Crippen LogP contribution in [-0.2, 0) is 14.4 Å². The van der Waals surface area contributed by atoms with E-state index in [-0.39, 0.29) is 12.8 Å². The van der Waals surface area contributed by atoms with Crippen molar-refractivity contribution in [2.75, 3.05) is 0 Å². The number of aliphatic carboxylic acids is 1. The second-order valence-corrected chi connectivity index (χ2v) is 3.17. The molecule has 0 radical (unpaired) electrons. The number of hydrogen-bond acceptors (Lipinski definition) is 5. The van der Waals surface area contributed by atoms with Crippen molar-refractivity contribution < 1.29 is 19.5 Å². The van der Waals surface area contributed by atoms with Gasteiger partial charge in [0.25, 0.3) is 1.43 Å². The standard InChI is InChI=1S/C8H15N3O4/c1-4(9)7(13)11-5(8(14)15)2-3-6(10)12/h4-5H,2-3,9H2,1H3,(H2,10,12)(H,11,13)(H,14,15)/t4-,5-/m0/s1/i/hD. The number of carbonyl (C=O) groups excluding carboxylic acids is 2. The minimum atomic E-state index is -1.08. The average Bonchev–Trinajstić information content (AvgIpc) is 2.22. The molecule has 0 heterocycles. The second kappa shape index (κ2) is 5.97. The van der Waals surface area contributed by atoms with E-state index in [9.17, 15) is 14.4 Å². The maximum Gasteiger partial charge on any atom is 0.326 e. The lowest BCUT2D eigenvalue weighted by Gasteiger charge is -2.14. The zero-order chi connectivity index (χ0) is 12.7. The van der Waals surface area contributed by atoms with Crippen LogP contribution in [0, 0.1) is 0 Å². The number of carboxylic acid groups (broad SMARTS) is 1. The van der Waals surface area contributed by atoms with E-state index in [4.69, 9.17) is 12.9 Å². The molecule has 0 bridgehead atoms. The third-order valence-electron chi connectivity index (χ3n) is 1.69. The first kappa shape index (κ1) is 11.4. The predicted octanol–water partition coefficient (Wildman–Crippen LogP) is -1.83. The van der Waals surface area contributed by atoms with E-state index in [0.717, 1.165) is 0 Å². The van der Waals surface area contributed by atoms with E-state index >= 15 is 0 Å². The molecule has 7 nitrogen and oxygen atoms in total. The summed E-state index contributed by atoms with van der Waals surface area (Å²) in [5, 5.41) is 5.98. The quantitative estimate of drug-likeness (QED) is 0.415. The van der Waals surface area contributed by atoms with Crippen LogP contribution in [0.15, 0.2) is 0 Å². The van der Waals surface area contributed by atoms with Crippen LogP contribution in [-0.4, -0.2) is 35.0 Å². The third kappa shape index (κ3) is 5.63. The van der Waals surface area contributed by atoms with Crippen molar-refractivity contribution in [1.29, 1.82) is 1.43 Å². The topological polar surface area (TPSA) is 136 Å². The van der Waals surface area contributed by atoms with Crippen molar-refractivity contribution in [2.24, 2.45) is 11.5 Å². The van der Waals surface area contributed by atoms with Crippen LogP contribution in [0.1, 0.15) is 19.8 Å². The molecular formula is C8H15N3O4. The lowest BCUT2D eigenvalue weighted by Crippen LogP contribution is -2.47. The summed E-state index contributed by atoms with van der Waals surface area (Å²) in [4.78, 5) is 32.8. The van der Waals surface area contributed by atoms with Gasteiger partial charge in [-0.25, -0.2) is 4.79 Å². The fourth-order valence-corrected chi connectivity index (χ4v) is 0.839. The number of rotatable bonds is 6. The van der Waals surface area contributed by atoms with Crippen LogP contribution in [0.5, 0.6) is 0 Å². The van der Waals surface area contributed by atoms with Gasteiger partial charge in [0.2, 0.25) is 11.8 Å². The summed E-state index contributed by atoms with van der Waals surface area (Å²) in [7, 11) is 0. The van der Waals surface area contributed by atoms with Gasteiger partial charge in [-0.05, 0) is 13.3 Å². The fourth-order valence-electron chi connectivity index (χ4n) is 0.839. The van der Waals surface area contributed by atoms with Crippen molar-refractivity contribution in [1.82, 2.24) is 5.32 Å². The van der Waals surface area contributed by atoms with Gasteiger partial charge in [-0.2, -0.15) is 0 Å². The first-order chi connectivity index (χ1) is 7.38. The molecule has 0 aliphatic rings. The average molecular weight is 218 g/mol. The third-order valence-corrected chi connectivity index (χ3v) is 1.69. The maximum absolute atomic E-state index is 11.2. The Hall–Kier alpha value is -1.63. The zero-order valence-corrected chi connectivity index (χ0v) is 8.36. The van der Waals surface area contributed by atoms with Gasteiger partial charge >= 0.3 is 5.97 Å². The highest BCUT2D eigenvalue weighted by Crippen LogP contribution is 1.97. The van der Waals surface area contributed by atoms with E-state index in [2.05, 4.69) is 10.4 Å². The summed E-state index contributed by atoms with van der Waals surface area (Å²) < 4.78 is 6.43. The first-order valence-corrected chi connectivity index (χ1v) is 4.39. The molecule has 0 aliphatic heterocycles. The monoisotopic (exact) mass is 218 g/mol. The Kier molecular flexibility index (Phi) is 4.55. The smallest absolute Gasteiger partial charge is 0.326 e. The summed E-state index contributed by atoms with van der Waals surface area (Å²) in [6, 6.07) is -1.88. The van der Waals surface area contributed by atoms with Gasteiger partial charge in [0.1, 0.15) is 6.04 Å². The van der Waals surface area contributed by atoms with Crippen LogP contribution in [0.2, 0.25) is 0 Å². The van der Waals surface area contributed by atoms with E-state index in [0.29, 0.717) is 0 Å². The molecule has 0 aromatic carbocycles. The second-order valence-electron chi connectivity index (χ2n) is 3.17. The Morgan fingerprint density at radius 2 is 2.13 bits per heavy atom. The molecule has 0 rings (SSSR count). The molecule has 0 aromatic heterocycles. The Labute approximate surface area is 88.3 Å².